The van der Waals surface area contributed by atoms with Gasteiger partial charge in [0, 0.05) is 25.6 Å². The largest absolute Gasteiger partial charge is 0.373 e. The number of hydrogen-bond donors (Lipinski definition) is 2. The van der Waals surface area contributed by atoms with Crippen LogP contribution < -0.4 is 10.6 Å². The number of benzene rings is 1. The number of hydrogen-bond acceptors (Lipinski definition) is 4. The molecule has 6 heteroatoms. The number of carbonyl (C=O) groups is 3. The number of imide groups is 1. The molecule has 0 radical (unpaired) electrons. The van der Waals surface area contributed by atoms with Crippen molar-refractivity contribution in [2.45, 2.75) is 31.3 Å². The molecule has 0 spiro atoms. The first-order valence-electron chi connectivity index (χ1n) is 7.01. The van der Waals surface area contributed by atoms with Crippen LogP contribution in [-0.4, -0.2) is 41.8 Å². The maximum absolute atomic E-state index is 12.3. The highest BCUT2D eigenvalue weighted by Gasteiger charge is 2.35. The SMILES string of the molecule is CN1C(=O)CCC(NC(=O)[C@@H]2Cc3ccccc3N2)C1=O. The van der Waals surface area contributed by atoms with Gasteiger partial charge in [-0.2, -0.15) is 0 Å². The molecule has 0 aromatic heterocycles. The molecule has 21 heavy (non-hydrogen) atoms. The minimum atomic E-state index is -0.606. The van der Waals surface area contributed by atoms with Crippen LogP contribution in [0, 0.1) is 0 Å². The summed E-state index contributed by atoms with van der Waals surface area (Å²) in [5.74, 6) is -0.737. The molecule has 3 rings (SSSR count). The second kappa shape index (κ2) is 5.20. The Morgan fingerprint density at radius 2 is 2.10 bits per heavy atom. The lowest BCUT2D eigenvalue weighted by Gasteiger charge is -2.28. The van der Waals surface area contributed by atoms with E-state index < -0.39 is 6.04 Å². The molecular formula is C15H17N3O3. The van der Waals surface area contributed by atoms with Crippen molar-refractivity contribution in [1.29, 1.82) is 0 Å². The maximum atomic E-state index is 12.3. The van der Waals surface area contributed by atoms with Crippen LogP contribution in [0.1, 0.15) is 18.4 Å². The Balaban J connectivity index is 1.63. The molecule has 1 fully saturated rings. The second-order valence-electron chi connectivity index (χ2n) is 5.45. The van der Waals surface area contributed by atoms with Gasteiger partial charge in [0.25, 0.3) is 5.91 Å². The van der Waals surface area contributed by atoms with E-state index in [1.54, 1.807) is 0 Å². The number of amides is 3. The van der Waals surface area contributed by atoms with Crippen LogP contribution in [0.25, 0.3) is 0 Å². The first-order valence-corrected chi connectivity index (χ1v) is 7.01. The van der Waals surface area contributed by atoms with Crippen molar-refractivity contribution in [2.24, 2.45) is 0 Å². The minimum absolute atomic E-state index is 0.197. The zero-order valence-corrected chi connectivity index (χ0v) is 11.8. The molecule has 0 saturated carbocycles. The molecule has 2 heterocycles. The van der Waals surface area contributed by atoms with Crippen molar-refractivity contribution in [3.8, 4) is 0 Å². The first kappa shape index (κ1) is 13.6. The molecule has 1 aromatic rings. The van der Waals surface area contributed by atoms with E-state index in [0.717, 1.165) is 16.2 Å². The summed E-state index contributed by atoms with van der Waals surface area (Å²) in [5, 5.41) is 5.91. The molecule has 3 amide bonds. The summed E-state index contributed by atoms with van der Waals surface area (Å²) in [6.07, 6.45) is 1.26. The number of nitrogens with zero attached hydrogens (tertiary/aromatic N) is 1. The van der Waals surface area contributed by atoms with Crippen molar-refractivity contribution in [1.82, 2.24) is 10.2 Å². The predicted molar refractivity (Wildman–Crippen MR) is 76.5 cm³/mol. The molecule has 0 aliphatic carbocycles. The van der Waals surface area contributed by atoms with Crippen LogP contribution in [0.3, 0.4) is 0 Å². The Kier molecular flexibility index (Phi) is 3.37. The quantitative estimate of drug-likeness (QED) is 0.766. The summed E-state index contributed by atoms with van der Waals surface area (Å²) >= 11 is 0. The summed E-state index contributed by atoms with van der Waals surface area (Å²) in [7, 11) is 1.45. The van der Waals surface area contributed by atoms with Crippen LogP contribution >= 0.6 is 0 Å². The lowest BCUT2D eigenvalue weighted by molar-refractivity contribution is -0.149. The van der Waals surface area contributed by atoms with Gasteiger partial charge in [-0.1, -0.05) is 18.2 Å². The highest BCUT2D eigenvalue weighted by atomic mass is 16.2. The third-order valence-electron chi connectivity index (χ3n) is 4.05. The van der Waals surface area contributed by atoms with Gasteiger partial charge in [-0.25, -0.2) is 0 Å². The molecule has 6 nitrogen and oxygen atoms in total. The van der Waals surface area contributed by atoms with Gasteiger partial charge in [0.15, 0.2) is 0 Å². The molecule has 0 bridgehead atoms. The van der Waals surface area contributed by atoms with Crippen molar-refractivity contribution in [2.75, 3.05) is 12.4 Å². The number of likely N-dealkylation sites (N-methyl/N-ethyl adjacent to an activating group) is 1. The number of carbonyl (C=O) groups excluding carboxylic acids is 3. The third-order valence-corrected chi connectivity index (χ3v) is 4.05. The van der Waals surface area contributed by atoms with E-state index in [-0.39, 0.29) is 30.2 Å². The fourth-order valence-electron chi connectivity index (χ4n) is 2.78. The summed E-state index contributed by atoms with van der Waals surface area (Å²) in [5.41, 5.74) is 2.06. The summed E-state index contributed by atoms with van der Waals surface area (Å²) in [4.78, 5) is 36.8. The number of para-hydroxylation sites is 1. The molecule has 2 aliphatic heterocycles. The monoisotopic (exact) mass is 287 g/mol. The Labute approximate surface area is 122 Å². The van der Waals surface area contributed by atoms with Crippen LogP contribution in [0.2, 0.25) is 0 Å². The Morgan fingerprint density at radius 1 is 1.33 bits per heavy atom. The zero-order chi connectivity index (χ0) is 15.0. The summed E-state index contributed by atoms with van der Waals surface area (Å²) in [6, 6.07) is 6.79. The van der Waals surface area contributed by atoms with Gasteiger partial charge in [-0.3, -0.25) is 19.3 Å². The second-order valence-corrected chi connectivity index (χ2v) is 5.45. The van der Waals surface area contributed by atoms with Gasteiger partial charge in [-0.05, 0) is 18.1 Å². The van der Waals surface area contributed by atoms with Crippen molar-refractivity contribution in [3.05, 3.63) is 29.8 Å². The van der Waals surface area contributed by atoms with Crippen LogP contribution in [0.15, 0.2) is 24.3 Å². The van der Waals surface area contributed by atoms with Gasteiger partial charge >= 0.3 is 0 Å². The zero-order valence-electron chi connectivity index (χ0n) is 11.8. The first-order chi connectivity index (χ1) is 10.1. The standard InChI is InChI=1S/C15H17N3O3/c1-18-13(19)7-6-11(15(18)21)17-14(20)12-8-9-4-2-3-5-10(9)16-12/h2-5,11-12,16H,6-8H2,1H3,(H,17,20)/t11?,12-/m0/s1. The molecular weight excluding hydrogens is 270 g/mol. The van der Waals surface area contributed by atoms with E-state index in [1.807, 2.05) is 24.3 Å². The van der Waals surface area contributed by atoms with Gasteiger partial charge < -0.3 is 10.6 Å². The molecule has 2 aliphatic rings. The average Bonchev–Trinajstić information content (AvgIpc) is 2.92. The maximum Gasteiger partial charge on any atom is 0.251 e. The number of likely N-dealkylation sites (tertiary alicyclic amines) is 1. The van der Waals surface area contributed by atoms with E-state index >= 15 is 0 Å². The van der Waals surface area contributed by atoms with E-state index in [2.05, 4.69) is 10.6 Å². The predicted octanol–water partition coefficient (Wildman–Crippen LogP) is 0.287. The Morgan fingerprint density at radius 3 is 2.86 bits per heavy atom. The summed E-state index contributed by atoms with van der Waals surface area (Å²) < 4.78 is 0. The molecule has 1 aromatic carbocycles. The number of piperidine rings is 1. The lowest BCUT2D eigenvalue weighted by atomic mass is 10.0. The fourth-order valence-corrected chi connectivity index (χ4v) is 2.78. The fraction of sp³-hybridized carbons (Fsp3) is 0.400. The molecule has 2 atom stereocenters. The van der Waals surface area contributed by atoms with Crippen molar-refractivity contribution < 1.29 is 14.4 Å². The number of fused-ring (bicyclic) bond motifs is 1. The molecule has 1 unspecified atom stereocenters. The van der Waals surface area contributed by atoms with E-state index in [9.17, 15) is 14.4 Å². The smallest absolute Gasteiger partial charge is 0.251 e. The normalized spacial score (nSPS) is 24.5. The van der Waals surface area contributed by atoms with Gasteiger partial charge in [0.05, 0.1) is 0 Å². The highest BCUT2D eigenvalue weighted by molar-refractivity contribution is 6.02. The van der Waals surface area contributed by atoms with Gasteiger partial charge in [-0.15, -0.1) is 0 Å². The lowest BCUT2D eigenvalue weighted by Crippen LogP contribution is -2.55. The Bertz CT molecular complexity index is 589. The molecule has 1 saturated heterocycles. The van der Waals surface area contributed by atoms with Crippen molar-refractivity contribution >= 4 is 23.4 Å². The van der Waals surface area contributed by atoms with E-state index in [1.165, 1.54) is 7.05 Å². The van der Waals surface area contributed by atoms with E-state index in [4.69, 9.17) is 0 Å². The number of nitrogens with one attached hydrogen (secondary N) is 2. The minimum Gasteiger partial charge on any atom is -0.373 e. The van der Waals surface area contributed by atoms with Gasteiger partial charge in [0.1, 0.15) is 12.1 Å². The highest BCUT2D eigenvalue weighted by Crippen LogP contribution is 2.25. The van der Waals surface area contributed by atoms with Crippen LogP contribution in [0.5, 0.6) is 0 Å². The number of anilines is 1. The molecule has 2 N–H and O–H groups in total. The third kappa shape index (κ3) is 2.49. The van der Waals surface area contributed by atoms with Crippen LogP contribution in [-0.2, 0) is 20.8 Å². The average molecular weight is 287 g/mol. The van der Waals surface area contributed by atoms with Crippen LogP contribution in [0.4, 0.5) is 5.69 Å². The molecule has 110 valence electrons. The van der Waals surface area contributed by atoms with Gasteiger partial charge in [0.2, 0.25) is 11.8 Å². The topological polar surface area (TPSA) is 78.5 Å². The Hall–Kier alpha value is -2.37. The van der Waals surface area contributed by atoms with E-state index in [0.29, 0.717) is 12.8 Å². The number of rotatable bonds is 2. The summed E-state index contributed by atoms with van der Waals surface area (Å²) in [6.45, 7) is 0. The van der Waals surface area contributed by atoms with Crippen molar-refractivity contribution in [3.63, 3.8) is 0 Å².